The summed E-state index contributed by atoms with van der Waals surface area (Å²) in [5.41, 5.74) is 3.98. The summed E-state index contributed by atoms with van der Waals surface area (Å²) in [6, 6.07) is 24.2. The molecule has 1 aromatic heterocycles. The van der Waals surface area contributed by atoms with E-state index in [2.05, 4.69) is 36.5 Å². The van der Waals surface area contributed by atoms with Crippen molar-refractivity contribution in [2.24, 2.45) is 0 Å². The van der Waals surface area contributed by atoms with Gasteiger partial charge in [-0.15, -0.1) is 0 Å². The number of para-hydroxylation sites is 1. The molecule has 0 atom stereocenters. The van der Waals surface area contributed by atoms with Crippen molar-refractivity contribution in [1.29, 1.82) is 0 Å². The normalized spacial score (nSPS) is 10.6. The maximum absolute atomic E-state index is 4.37. The maximum atomic E-state index is 4.37. The molecule has 0 bridgehead atoms. The van der Waals surface area contributed by atoms with Crippen molar-refractivity contribution >= 4 is 49.7 Å². The third-order valence-electron chi connectivity index (χ3n) is 3.81. The van der Waals surface area contributed by atoms with Gasteiger partial charge in [0, 0.05) is 26.9 Å². The van der Waals surface area contributed by atoms with E-state index in [0.29, 0.717) is 0 Å². The van der Waals surface area contributed by atoms with Gasteiger partial charge in [0.1, 0.15) is 12.1 Å². The molecule has 0 aliphatic rings. The van der Waals surface area contributed by atoms with Crippen LogP contribution in [0.5, 0.6) is 0 Å². The Labute approximate surface area is 154 Å². The number of nitrogens with zero attached hydrogens (tertiary/aromatic N) is 2. The molecule has 0 spiro atoms. The van der Waals surface area contributed by atoms with Crippen LogP contribution in [0.1, 0.15) is 0 Å². The van der Waals surface area contributed by atoms with Gasteiger partial charge in [0.25, 0.3) is 0 Å². The van der Waals surface area contributed by atoms with E-state index in [-0.39, 0.29) is 0 Å². The number of hydrogen-bond donors (Lipinski definition) is 2. The fourth-order valence-electron chi connectivity index (χ4n) is 2.59. The summed E-state index contributed by atoms with van der Waals surface area (Å²) in [6.07, 6.45) is 1.57. The van der Waals surface area contributed by atoms with Crippen molar-refractivity contribution in [1.82, 2.24) is 9.97 Å². The van der Waals surface area contributed by atoms with Crippen LogP contribution in [0.15, 0.2) is 83.6 Å². The van der Waals surface area contributed by atoms with Crippen LogP contribution < -0.4 is 10.6 Å². The number of halogens is 1. The highest BCUT2D eigenvalue weighted by Gasteiger charge is 2.05. The number of hydrogen-bond acceptors (Lipinski definition) is 4. The van der Waals surface area contributed by atoms with Gasteiger partial charge in [-0.2, -0.15) is 0 Å². The smallest absolute Gasteiger partial charge is 0.141 e. The van der Waals surface area contributed by atoms with E-state index < -0.39 is 0 Å². The maximum Gasteiger partial charge on any atom is 0.141 e. The average molecular weight is 391 g/mol. The quantitative estimate of drug-likeness (QED) is 0.456. The van der Waals surface area contributed by atoms with E-state index in [4.69, 9.17) is 0 Å². The molecule has 0 unspecified atom stereocenters. The third-order valence-corrected chi connectivity index (χ3v) is 4.30. The van der Waals surface area contributed by atoms with Crippen molar-refractivity contribution in [2.45, 2.75) is 0 Å². The van der Waals surface area contributed by atoms with Crippen molar-refractivity contribution in [3.8, 4) is 0 Å². The summed E-state index contributed by atoms with van der Waals surface area (Å²) in [5, 5.41) is 7.71. The molecule has 25 heavy (non-hydrogen) atoms. The molecule has 0 fully saturated rings. The third kappa shape index (κ3) is 3.61. The molecule has 0 amide bonds. The molecule has 4 rings (SSSR count). The lowest BCUT2D eigenvalue weighted by molar-refractivity contribution is 1.22. The first-order valence-corrected chi connectivity index (χ1v) is 8.67. The van der Waals surface area contributed by atoms with Gasteiger partial charge >= 0.3 is 0 Å². The standard InChI is InChI=1S/C20H15BrN4/c21-14-6-11-19-18(12-14)20(23-13-22-19)25-17-9-7-16(8-10-17)24-15-4-2-1-3-5-15/h1-13,24H,(H,22,23,25). The molecule has 2 N–H and O–H groups in total. The number of benzene rings is 3. The zero-order valence-electron chi connectivity index (χ0n) is 13.3. The molecule has 0 aliphatic carbocycles. The van der Waals surface area contributed by atoms with E-state index >= 15 is 0 Å². The molecule has 122 valence electrons. The number of aromatic nitrogens is 2. The molecule has 4 aromatic rings. The summed E-state index contributed by atoms with van der Waals surface area (Å²) in [5.74, 6) is 0.787. The second-order valence-electron chi connectivity index (χ2n) is 5.58. The number of rotatable bonds is 4. The minimum absolute atomic E-state index is 0.787. The van der Waals surface area contributed by atoms with Gasteiger partial charge in [-0.3, -0.25) is 0 Å². The summed E-state index contributed by atoms with van der Waals surface area (Å²) in [4.78, 5) is 8.68. The number of fused-ring (bicyclic) bond motifs is 1. The lowest BCUT2D eigenvalue weighted by Gasteiger charge is -2.10. The first-order chi connectivity index (χ1) is 12.3. The van der Waals surface area contributed by atoms with Gasteiger partial charge in [0.2, 0.25) is 0 Å². The monoisotopic (exact) mass is 390 g/mol. The van der Waals surface area contributed by atoms with Crippen molar-refractivity contribution in [2.75, 3.05) is 10.6 Å². The van der Waals surface area contributed by atoms with E-state index in [1.165, 1.54) is 0 Å². The van der Waals surface area contributed by atoms with Crippen LogP contribution in [0.25, 0.3) is 10.9 Å². The Morgan fingerprint density at radius 1 is 0.680 bits per heavy atom. The largest absolute Gasteiger partial charge is 0.356 e. The number of anilines is 4. The SMILES string of the molecule is Brc1ccc2ncnc(Nc3ccc(Nc4ccccc4)cc3)c2c1. The van der Waals surface area contributed by atoms with Gasteiger partial charge in [0.05, 0.1) is 5.52 Å². The fraction of sp³-hybridized carbons (Fsp3) is 0. The highest BCUT2D eigenvalue weighted by atomic mass is 79.9. The van der Waals surface area contributed by atoms with Gasteiger partial charge in [-0.25, -0.2) is 9.97 Å². The Hall–Kier alpha value is -2.92. The predicted octanol–water partition coefficient (Wildman–Crippen LogP) is 5.88. The summed E-state index contributed by atoms with van der Waals surface area (Å²) in [7, 11) is 0. The Balaban J connectivity index is 1.56. The molecule has 4 nitrogen and oxygen atoms in total. The summed E-state index contributed by atoms with van der Waals surface area (Å²) >= 11 is 3.50. The van der Waals surface area contributed by atoms with E-state index in [0.717, 1.165) is 38.3 Å². The van der Waals surface area contributed by atoms with Crippen LogP contribution in [0.2, 0.25) is 0 Å². The number of nitrogens with one attached hydrogen (secondary N) is 2. The van der Waals surface area contributed by atoms with Gasteiger partial charge < -0.3 is 10.6 Å². The minimum atomic E-state index is 0.787. The highest BCUT2D eigenvalue weighted by molar-refractivity contribution is 9.10. The van der Waals surface area contributed by atoms with Crippen LogP contribution in [0.3, 0.4) is 0 Å². The predicted molar refractivity (Wildman–Crippen MR) is 107 cm³/mol. The van der Waals surface area contributed by atoms with Crippen LogP contribution >= 0.6 is 15.9 Å². The van der Waals surface area contributed by atoms with E-state index in [1.807, 2.05) is 72.8 Å². The molecule has 0 saturated heterocycles. The second kappa shape index (κ2) is 6.91. The average Bonchev–Trinajstić information content (AvgIpc) is 2.65. The minimum Gasteiger partial charge on any atom is -0.356 e. The van der Waals surface area contributed by atoms with Crippen molar-refractivity contribution in [3.05, 3.63) is 83.6 Å². The lowest BCUT2D eigenvalue weighted by Crippen LogP contribution is -1.96. The van der Waals surface area contributed by atoms with E-state index in [9.17, 15) is 0 Å². The summed E-state index contributed by atoms with van der Waals surface area (Å²) in [6.45, 7) is 0. The molecule has 0 saturated carbocycles. The molecule has 5 heteroatoms. The zero-order chi connectivity index (χ0) is 17.1. The van der Waals surface area contributed by atoms with Gasteiger partial charge in [-0.05, 0) is 54.6 Å². The zero-order valence-corrected chi connectivity index (χ0v) is 14.9. The van der Waals surface area contributed by atoms with Crippen LogP contribution in [0.4, 0.5) is 22.9 Å². The van der Waals surface area contributed by atoms with Gasteiger partial charge in [0.15, 0.2) is 0 Å². The summed E-state index contributed by atoms with van der Waals surface area (Å²) < 4.78 is 1.00. The highest BCUT2D eigenvalue weighted by Crippen LogP contribution is 2.26. The molecule has 3 aromatic carbocycles. The molecule has 0 radical (unpaired) electrons. The second-order valence-corrected chi connectivity index (χ2v) is 6.49. The first-order valence-electron chi connectivity index (χ1n) is 7.87. The lowest BCUT2D eigenvalue weighted by atomic mass is 10.2. The van der Waals surface area contributed by atoms with Crippen LogP contribution in [-0.2, 0) is 0 Å². The topological polar surface area (TPSA) is 49.8 Å². The van der Waals surface area contributed by atoms with E-state index in [1.54, 1.807) is 6.33 Å². The Morgan fingerprint density at radius 3 is 2.12 bits per heavy atom. The molecule has 1 heterocycles. The Bertz CT molecular complexity index is 1000. The molecular formula is C20H15BrN4. The first kappa shape index (κ1) is 15.6. The Kier molecular flexibility index (Phi) is 4.31. The van der Waals surface area contributed by atoms with Crippen LogP contribution in [0, 0.1) is 0 Å². The van der Waals surface area contributed by atoms with Crippen molar-refractivity contribution in [3.63, 3.8) is 0 Å². The Morgan fingerprint density at radius 2 is 1.36 bits per heavy atom. The molecular weight excluding hydrogens is 376 g/mol. The van der Waals surface area contributed by atoms with Crippen molar-refractivity contribution < 1.29 is 0 Å². The van der Waals surface area contributed by atoms with Crippen LogP contribution in [-0.4, -0.2) is 9.97 Å². The molecule has 0 aliphatic heterocycles. The fourth-order valence-corrected chi connectivity index (χ4v) is 2.95. The van der Waals surface area contributed by atoms with Gasteiger partial charge in [-0.1, -0.05) is 34.1 Å².